The number of amides is 2. The van der Waals surface area contributed by atoms with E-state index in [4.69, 9.17) is 0 Å². The second-order valence-electron chi connectivity index (χ2n) is 5.95. The molecule has 2 aliphatic heterocycles. The van der Waals surface area contributed by atoms with Crippen molar-refractivity contribution in [2.24, 2.45) is 0 Å². The quantitative estimate of drug-likeness (QED) is 0.880. The number of anilines is 1. The summed E-state index contributed by atoms with van der Waals surface area (Å²) in [5.41, 5.74) is -0.647. The van der Waals surface area contributed by atoms with Crippen molar-refractivity contribution in [3.8, 4) is 0 Å². The Bertz CT molecular complexity index is 657. The summed E-state index contributed by atoms with van der Waals surface area (Å²) in [6.45, 7) is 1.42. The SMILES string of the molecule is O=C1Nc2cc(C(F)(F)F)ccc2SC1CC(=O)N1CCCCC1. The van der Waals surface area contributed by atoms with Crippen molar-refractivity contribution in [1.29, 1.82) is 0 Å². The van der Waals surface area contributed by atoms with E-state index in [9.17, 15) is 22.8 Å². The van der Waals surface area contributed by atoms with Gasteiger partial charge in [0.2, 0.25) is 11.8 Å². The molecule has 1 aromatic carbocycles. The summed E-state index contributed by atoms with van der Waals surface area (Å²) in [5, 5.41) is 1.89. The Balaban J connectivity index is 1.70. The van der Waals surface area contributed by atoms with Crippen molar-refractivity contribution in [1.82, 2.24) is 4.90 Å². The number of nitrogens with zero attached hydrogens (tertiary/aromatic N) is 1. The summed E-state index contributed by atoms with van der Waals surface area (Å²) in [6.07, 6.45) is -1.34. The molecule has 3 rings (SSSR count). The van der Waals surface area contributed by atoms with Gasteiger partial charge in [0.05, 0.1) is 16.5 Å². The first kappa shape index (κ1) is 17.1. The van der Waals surface area contributed by atoms with E-state index in [1.807, 2.05) is 0 Å². The Morgan fingerprint density at radius 2 is 1.96 bits per heavy atom. The minimum Gasteiger partial charge on any atom is -0.343 e. The number of piperidine rings is 1. The monoisotopic (exact) mass is 358 g/mol. The zero-order valence-electron chi connectivity index (χ0n) is 12.9. The summed E-state index contributed by atoms with van der Waals surface area (Å²) >= 11 is 1.15. The number of likely N-dealkylation sites (tertiary alicyclic amines) is 1. The van der Waals surface area contributed by atoms with E-state index >= 15 is 0 Å². The number of carbonyl (C=O) groups excluding carboxylic acids is 2. The Morgan fingerprint density at radius 3 is 2.62 bits per heavy atom. The standard InChI is InChI=1S/C16H17F3N2O2S/c17-16(18,19)10-4-5-12-11(8-10)20-15(23)13(24-12)9-14(22)21-6-2-1-3-7-21/h4-5,8,13H,1-3,6-7,9H2,(H,20,23). The van der Waals surface area contributed by atoms with Gasteiger partial charge in [-0.1, -0.05) is 0 Å². The molecule has 0 aromatic heterocycles. The second-order valence-corrected chi connectivity index (χ2v) is 7.19. The summed E-state index contributed by atoms with van der Waals surface area (Å²) in [7, 11) is 0. The predicted molar refractivity (Wildman–Crippen MR) is 84.8 cm³/mol. The molecule has 0 spiro atoms. The number of thioether (sulfide) groups is 1. The maximum absolute atomic E-state index is 12.7. The topological polar surface area (TPSA) is 49.4 Å². The van der Waals surface area contributed by atoms with E-state index in [-0.39, 0.29) is 18.0 Å². The van der Waals surface area contributed by atoms with Gasteiger partial charge in [-0.3, -0.25) is 9.59 Å². The summed E-state index contributed by atoms with van der Waals surface area (Å²) in [5.74, 6) is -0.491. The van der Waals surface area contributed by atoms with Crippen LogP contribution in [0.2, 0.25) is 0 Å². The molecule has 0 bridgehead atoms. The number of hydrogen-bond donors (Lipinski definition) is 1. The summed E-state index contributed by atoms with van der Waals surface area (Å²) in [4.78, 5) is 26.8. The van der Waals surface area contributed by atoms with Crippen LogP contribution in [-0.4, -0.2) is 35.1 Å². The third kappa shape index (κ3) is 3.68. The summed E-state index contributed by atoms with van der Waals surface area (Å²) in [6, 6.07) is 3.27. The van der Waals surface area contributed by atoms with Crippen molar-refractivity contribution in [3.05, 3.63) is 23.8 Å². The second kappa shape index (κ2) is 6.66. The average Bonchev–Trinajstić information content (AvgIpc) is 2.55. The van der Waals surface area contributed by atoms with Crippen molar-refractivity contribution in [2.45, 2.75) is 42.0 Å². The van der Waals surface area contributed by atoms with Gasteiger partial charge in [0.15, 0.2) is 0 Å². The number of hydrogen-bond acceptors (Lipinski definition) is 3. The van der Waals surface area contributed by atoms with Crippen LogP contribution in [0.4, 0.5) is 18.9 Å². The molecule has 130 valence electrons. The third-order valence-corrected chi connectivity index (χ3v) is 5.47. The molecule has 2 aliphatic rings. The lowest BCUT2D eigenvalue weighted by Gasteiger charge is -2.29. The normalized spacial score (nSPS) is 21.2. The van der Waals surface area contributed by atoms with Gasteiger partial charge >= 0.3 is 6.18 Å². The molecule has 1 aromatic rings. The van der Waals surface area contributed by atoms with E-state index < -0.39 is 22.9 Å². The average molecular weight is 358 g/mol. The van der Waals surface area contributed by atoms with Crippen LogP contribution in [0.15, 0.2) is 23.1 Å². The maximum atomic E-state index is 12.7. The molecule has 1 N–H and O–H groups in total. The van der Waals surface area contributed by atoms with Gasteiger partial charge in [-0.25, -0.2) is 0 Å². The fourth-order valence-electron chi connectivity index (χ4n) is 2.89. The lowest BCUT2D eigenvalue weighted by molar-refractivity contribution is -0.137. The Kier molecular flexibility index (Phi) is 4.76. The molecular formula is C16H17F3N2O2S. The lowest BCUT2D eigenvalue weighted by Crippen LogP contribution is -2.40. The van der Waals surface area contributed by atoms with Crippen LogP contribution < -0.4 is 5.32 Å². The smallest absolute Gasteiger partial charge is 0.343 e. The number of fused-ring (bicyclic) bond motifs is 1. The van der Waals surface area contributed by atoms with Crippen LogP contribution in [0.25, 0.3) is 0 Å². The van der Waals surface area contributed by atoms with E-state index in [0.29, 0.717) is 18.0 Å². The maximum Gasteiger partial charge on any atom is 0.416 e. The Morgan fingerprint density at radius 1 is 1.25 bits per heavy atom. The largest absolute Gasteiger partial charge is 0.416 e. The number of alkyl halides is 3. The van der Waals surface area contributed by atoms with Crippen LogP contribution in [0.3, 0.4) is 0 Å². The van der Waals surface area contributed by atoms with Crippen molar-refractivity contribution in [2.75, 3.05) is 18.4 Å². The van der Waals surface area contributed by atoms with Gasteiger partial charge < -0.3 is 10.2 Å². The number of nitrogens with one attached hydrogen (secondary N) is 1. The number of benzene rings is 1. The van der Waals surface area contributed by atoms with Crippen LogP contribution >= 0.6 is 11.8 Å². The van der Waals surface area contributed by atoms with Gasteiger partial charge in [-0.15, -0.1) is 11.8 Å². The number of halogens is 3. The van der Waals surface area contributed by atoms with Crippen LogP contribution in [0.5, 0.6) is 0 Å². The summed E-state index contributed by atoms with van der Waals surface area (Å²) < 4.78 is 38.2. The third-order valence-electron chi connectivity index (χ3n) is 4.20. The molecule has 1 saturated heterocycles. The van der Waals surface area contributed by atoms with Crippen molar-refractivity contribution < 1.29 is 22.8 Å². The molecule has 1 unspecified atom stereocenters. The van der Waals surface area contributed by atoms with Gasteiger partial charge in [-0.2, -0.15) is 13.2 Å². The molecule has 4 nitrogen and oxygen atoms in total. The molecule has 8 heteroatoms. The minimum atomic E-state index is -4.45. The minimum absolute atomic E-state index is 0.0664. The number of carbonyl (C=O) groups is 2. The van der Waals surface area contributed by atoms with E-state index in [1.54, 1.807) is 4.90 Å². The van der Waals surface area contributed by atoms with E-state index in [0.717, 1.165) is 43.2 Å². The van der Waals surface area contributed by atoms with Gasteiger partial charge in [0, 0.05) is 24.4 Å². The zero-order valence-corrected chi connectivity index (χ0v) is 13.7. The highest BCUT2D eigenvalue weighted by Crippen LogP contribution is 2.40. The molecule has 0 aliphatic carbocycles. The number of rotatable bonds is 2. The van der Waals surface area contributed by atoms with Crippen LogP contribution in [0, 0.1) is 0 Å². The first-order chi connectivity index (χ1) is 11.3. The predicted octanol–water partition coefficient (Wildman–Crippen LogP) is 3.52. The first-order valence-electron chi connectivity index (χ1n) is 7.81. The molecule has 1 atom stereocenters. The highest BCUT2D eigenvalue weighted by atomic mass is 32.2. The molecule has 24 heavy (non-hydrogen) atoms. The Labute approximate surface area is 141 Å². The molecule has 2 amide bonds. The molecule has 1 fully saturated rings. The first-order valence-corrected chi connectivity index (χ1v) is 8.69. The highest BCUT2D eigenvalue weighted by molar-refractivity contribution is 8.01. The van der Waals surface area contributed by atoms with Crippen molar-refractivity contribution >= 4 is 29.3 Å². The van der Waals surface area contributed by atoms with E-state index in [1.165, 1.54) is 6.07 Å². The molecule has 0 saturated carbocycles. The fourth-order valence-corrected chi connectivity index (χ4v) is 3.97. The zero-order chi connectivity index (χ0) is 17.3. The van der Waals surface area contributed by atoms with E-state index in [2.05, 4.69) is 5.32 Å². The van der Waals surface area contributed by atoms with Gasteiger partial charge in [0.25, 0.3) is 0 Å². The molecular weight excluding hydrogens is 341 g/mol. The Hall–Kier alpha value is -1.70. The van der Waals surface area contributed by atoms with Crippen molar-refractivity contribution in [3.63, 3.8) is 0 Å². The van der Waals surface area contributed by atoms with Crippen LogP contribution in [0.1, 0.15) is 31.2 Å². The van der Waals surface area contributed by atoms with Crippen LogP contribution in [-0.2, 0) is 15.8 Å². The fraction of sp³-hybridized carbons (Fsp3) is 0.500. The van der Waals surface area contributed by atoms with Gasteiger partial charge in [-0.05, 0) is 37.5 Å². The van der Waals surface area contributed by atoms with Gasteiger partial charge in [0.1, 0.15) is 0 Å². The highest BCUT2D eigenvalue weighted by Gasteiger charge is 2.35. The molecule has 0 radical (unpaired) electrons. The molecule has 2 heterocycles. The lowest BCUT2D eigenvalue weighted by atomic mass is 10.1.